The zero-order valence-corrected chi connectivity index (χ0v) is 13.0. The van der Waals surface area contributed by atoms with E-state index in [1.807, 2.05) is 18.2 Å². The van der Waals surface area contributed by atoms with Gasteiger partial charge in [-0.05, 0) is 49.8 Å². The van der Waals surface area contributed by atoms with Crippen LogP contribution in [0, 0.1) is 5.92 Å². The highest BCUT2D eigenvalue weighted by atomic mass is 16.5. The Morgan fingerprint density at radius 3 is 2.68 bits per heavy atom. The molecule has 1 fully saturated rings. The number of methoxy groups -OCH3 is 1. The number of hydrogen-bond donors (Lipinski definition) is 1. The van der Waals surface area contributed by atoms with Crippen molar-refractivity contribution in [3.05, 3.63) is 36.2 Å². The van der Waals surface area contributed by atoms with Crippen LogP contribution in [-0.2, 0) is 14.3 Å². The highest BCUT2D eigenvalue weighted by Gasteiger charge is 2.43. The Morgan fingerprint density at radius 2 is 2.09 bits per heavy atom. The van der Waals surface area contributed by atoms with Crippen LogP contribution in [0.4, 0.5) is 0 Å². The molecule has 1 saturated carbocycles. The van der Waals surface area contributed by atoms with Crippen LogP contribution >= 0.6 is 0 Å². The molecule has 0 spiro atoms. The molecular weight excluding hydrogens is 280 g/mol. The van der Waals surface area contributed by atoms with Crippen molar-refractivity contribution in [1.29, 1.82) is 0 Å². The van der Waals surface area contributed by atoms with Crippen molar-refractivity contribution in [2.75, 3.05) is 7.11 Å². The van der Waals surface area contributed by atoms with Gasteiger partial charge in [-0.15, -0.1) is 0 Å². The summed E-state index contributed by atoms with van der Waals surface area (Å²) < 4.78 is 4.90. The monoisotopic (exact) mass is 302 g/mol. The van der Waals surface area contributed by atoms with Gasteiger partial charge in [-0.3, -0.25) is 9.78 Å². The van der Waals surface area contributed by atoms with E-state index in [2.05, 4.69) is 17.2 Å². The van der Waals surface area contributed by atoms with Crippen LogP contribution in [0.15, 0.2) is 30.5 Å². The lowest BCUT2D eigenvalue weighted by atomic mass is 9.77. The van der Waals surface area contributed by atoms with Crippen LogP contribution in [0.5, 0.6) is 0 Å². The van der Waals surface area contributed by atoms with Gasteiger partial charge in [0.15, 0.2) is 0 Å². The maximum Gasteiger partial charge on any atom is 0.331 e. The van der Waals surface area contributed by atoms with Gasteiger partial charge in [0.1, 0.15) is 5.54 Å². The zero-order chi connectivity index (χ0) is 16.0. The average molecular weight is 302 g/mol. The van der Waals surface area contributed by atoms with Crippen LogP contribution in [0.25, 0.3) is 6.08 Å². The molecule has 118 valence electrons. The van der Waals surface area contributed by atoms with Gasteiger partial charge in [0.25, 0.3) is 0 Å². The van der Waals surface area contributed by atoms with E-state index in [0.717, 1.165) is 12.8 Å². The normalized spacial score (nSPS) is 24.9. The summed E-state index contributed by atoms with van der Waals surface area (Å²) in [6, 6.07) is 5.47. The third-order valence-corrected chi connectivity index (χ3v) is 4.16. The Kier molecular flexibility index (Phi) is 5.31. The van der Waals surface area contributed by atoms with Crippen molar-refractivity contribution in [3.8, 4) is 0 Å². The smallest absolute Gasteiger partial charge is 0.331 e. The van der Waals surface area contributed by atoms with Gasteiger partial charge in [0.05, 0.1) is 12.8 Å². The van der Waals surface area contributed by atoms with E-state index < -0.39 is 5.54 Å². The third kappa shape index (κ3) is 3.93. The summed E-state index contributed by atoms with van der Waals surface area (Å²) in [6.07, 6.45) is 7.74. The van der Waals surface area contributed by atoms with Crippen molar-refractivity contribution >= 4 is 18.0 Å². The van der Waals surface area contributed by atoms with Gasteiger partial charge in [0, 0.05) is 12.3 Å². The molecule has 0 atom stereocenters. The van der Waals surface area contributed by atoms with E-state index >= 15 is 0 Å². The molecule has 0 aliphatic heterocycles. The van der Waals surface area contributed by atoms with Gasteiger partial charge >= 0.3 is 5.97 Å². The molecule has 1 aliphatic carbocycles. The summed E-state index contributed by atoms with van der Waals surface area (Å²) in [6.45, 7) is 2.16. The summed E-state index contributed by atoms with van der Waals surface area (Å²) in [5.74, 6) is -0.0941. The fourth-order valence-corrected chi connectivity index (χ4v) is 2.74. The van der Waals surface area contributed by atoms with E-state index in [1.165, 1.54) is 13.2 Å². The lowest BCUT2D eigenvalue weighted by Gasteiger charge is -2.37. The molecule has 0 unspecified atom stereocenters. The number of carbonyl (C=O) groups is 2. The molecule has 1 aromatic rings. The van der Waals surface area contributed by atoms with Gasteiger partial charge in [-0.1, -0.05) is 13.0 Å². The Balaban J connectivity index is 2.05. The lowest BCUT2D eigenvalue weighted by Crippen LogP contribution is -2.56. The predicted octanol–water partition coefficient (Wildman–Crippen LogP) is 2.33. The first-order valence-electron chi connectivity index (χ1n) is 7.55. The van der Waals surface area contributed by atoms with Crippen molar-refractivity contribution in [1.82, 2.24) is 10.3 Å². The minimum atomic E-state index is -0.896. The molecule has 1 heterocycles. The molecule has 5 heteroatoms. The van der Waals surface area contributed by atoms with E-state index in [9.17, 15) is 9.59 Å². The number of nitrogens with zero attached hydrogens (tertiary/aromatic N) is 1. The third-order valence-electron chi connectivity index (χ3n) is 4.16. The first-order valence-corrected chi connectivity index (χ1v) is 7.55. The molecule has 1 aliphatic rings. The second-order valence-corrected chi connectivity index (χ2v) is 5.83. The van der Waals surface area contributed by atoms with E-state index in [0.29, 0.717) is 24.5 Å². The predicted molar refractivity (Wildman–Crippen MR) is 83.8 cm³/mol. The quantitative estimate of drug-likeness (QED) is 0.684. The van der Waals surface area contributed by atoms with Crippen molar-refractivity contribution in [3.63, 3.8) is 0 Å². The highest BCUT2D eigenvalue weighted by molar-refractivity contribution is 5.96. The van der Waals surface area contributed by atoms with Crippen molar-refractivity contribution in [2.45, 2.75) is 38.1 Å². The van der Waals surface area contributed by atoms with Crippen LogP contribution in [-0.4, -0.2) is 29.5 Å². The first-order chi connectivity index (χ1) is 10.6. The summed E-state index contributed by atoms with van der Waals surface area (Å²) in [7, 11) is 1.36. The van der Waals surface area contributed by atoms with E-state index in [-0.39, 0.29) is 11.9 Å². The molecule has 1 N–H and O–H groups in total. The number of pyridine rings is 1. The second-order valence-electron chi connectivity index (χ2n) is 5.83. The molecule has 0 bridgehead atoms. The number of carbonyl (C=O) groups excluding carboxylic acids is 2. The number of aromatic nitrogens is 1. The van der Waals surface area contributed by atoms with Crippen LogP contribution in [0.1, 0.15) is 38.3 Å². The Morgan fingerprint density at radius 1 is 1.36 bits per heavy atom. The molecule has 22 heavy (non-hydrogen) atoms. The van der Waals surface area contributed by atoms with E-state index in [4.69, 9.17) is 4.74 Å². The Bertz CT molecular complexity index is 546. The zero-order valence-electron chi connectivity index (χ0n) is 13.0. The fraction of sp³-hybridized carbons (Fsp3) is 0.471. The van der Waals surface area contributed by atoms with Gasteiger partial charge in [-0.25, -0.2) is 4.79 Å². The second kappa shape index (κ2) is 7.20. The topological polar surface area (TPSA) is 68.3 Å². The van der Waals surface area contributed by atoms with Crippen molar-refractivity contribution < 1.29 is 14.3 Å². The number of hydrogen-bond acceptors (Lipinski definition) is 4. The summed E-state index contributed by atoms with van der Waals surface area (Å²) in [5, 5.41) is 2.85. The molecule has 0 aromatic carbocycles. The Labute approximate surface area is 130 Å². The SMILES string of the molecule is COC(=O)C1(NC(=O)/C=C/c2ccccn2)CCC(C)CC1. The average Bonchev–Trinajstić information content (AvgIpc) is 2.55. The van der Waals surface area contributed by atoms with Crippen LogP contribution < -0.4 is 5.32 Å². The molecule has 1 amide bonds. The van der Waals surface area contributed by atoms with Crippen molar-refractivity contribution in [2.24, 2.45) is 5.92 Å². The van der Waals surface area contributed by atoms with E-state index in [1.54, 1.807) is 12.3 Å². The fourth-order valence-electron chi connectivity index (χ4n) is 2.74. The molecule has 5 nitrogen and oxygen atoms in total. The maximum absolute atomic E-state index is 12.2. The standard InChI is InChI=1S/C17H22N2O3/c1-13-8-10-17(11-9-13,16(21)22-2)19-15(20)7-6-14-5-3-4-12-18-14/h3-7,12-13H,8-11H2,1-2H3,(H,19,20)/b7-6+. The summed E-state index contributed by atoms with van der Waals surface area (Å²) >= 11 is 0. The van der Waals surface area contributed by atoms with Gasteiger partial charge in [0.2, 0.25) is 5.91 Å². The maximum atomic E-state index is 12.2. The number of rotatable bonds is 4. The number of nitrogens with one attached hydrogen (secondary N) is 1. The Hall–Kier alpha value is -2.17. The van der Waals surface area contributed by atoms with Crippen LogP contribution in [0.2, 0.25) is 0 Å². The first kappa shape index (κ1) is 16.2. The molecular formula is C17H22N2O3. The highest BCUT2D eigenvalue weighted by Crippen LogP contribution is 2.32. The van der Waals surface area contributed by atoms with Gasteiger partial charge < -0.3 is 10.1 Å². The summed E-state index contributed by atoms with van der Waals surface area (Å²) in [5.41, 5.74) is -0.200. The van der Waals surface area contributed by atoms with Crippen LogP contribution in [0.3, 0.4) is 0 Å². The molecule has 0 saturated heterocycles. The summed E-state index contributed by atoms with van der Waals surface area (Å²) in [4.78, 5) is 28.4. The minimum absolute atomic E-state index is 0.300. The van der Waals surface area contributed by atoms with Gasteiger partial charge in [-0.2, -0.15) is 0 Å². The molecule has 1 aromatic heterocycles. The molecule has 2 rings (SSSR count). The number of ether oxygens (including phenoxy) is 1. The number of amides is 1. The lowest BCUT2D eigenvalue weighted by molar-refractivity contribution is -0.152. The largest absolute Gasteiger partial charge is 0.467 e. The number of esters is 1. The molecule has 0 radical (unpaired) electrons. The minimum Gasteiger partial charge on any atom is -0.467 e.